The molecule has 0 radical (unpaired) electrons. The molecule has 0 spiro atoms. The maximum atomic E-state index is 4.44. The van der Waals surface area contributed by atoms with Crippen molar-refractivity contribution in [2.24, 2.45) is 5.10 Å². The van der Waals surface area contributed by atoms with E-state index in [1.165, 1.54) is 16.3 Å². The molecule has 1 aliphatic rings. The third-order valence-electron chi connectivity index (χ3n) is 2.80. The Labute approximate surface area is 105 Å². The van der Waals surface area contributed by atoms with Crippen LogP contribution in [0.15, 0.2) is 47.6 Å². The van der Waals surface area contributed by atoms with Crippen LogP contribution in [0.25, 0.3) is 10.8 Å². The van der Waals surface area contributed by atoms with Crippen LogP contribution < -0.4 is 5.43 Å². The molecule has 3 heteroatoms. The Morgan fingerprint density at radius 2 is 1.82 bits per heavy atom. The van der Waals surface area contributed by atoms with Crippen molar-refractivity contribution in [1.82, 2.24) is 5.43 Å². The largest absolute Gasteiger partial charge is 0.293 e. The first-order chi connectivity index (χ1) is 8.16. The van der Waals surface area contributed by atoms with Gasteiger partial charge >= 0.3 is 0 Å². The average molecular weight is 242 g/mol. The number of thioether (sulfide) groups is 1. The fraction of sp³-hybridized carbons (Fsp3) is 0.214. The zero-order valence-corrected chi connectivity index (χ0v) is 10.7. The van der Waals surface area contributed by atoms with Gasteiger partial charge in [-0.25, -0.2) is 0 Å². The molecule has 86 valence electrons. The van der Waals surface area contributed by atoms with Crippen molar-refractivity contribution in [2.75, 3.05) is 0 Å². The molecule has 2 nitrogen and oxygen atoms in total. The highest BCUT2D eigenvalue weighted by molar-refractivity contribution is 8.15. The summed E-state index contributed by atoms with van der Waals surface area (Å²) in [7, 11) is 0. The van der Waals surface area contributed by atoms with E-state index in [-0.39, 0.29) is 4.87 Å². The minimum Gasteiger partial charge on any atom is -0.293 e. The number of hydrogen-bond acceptors (Lipinski definition) is 3. The predicted molar refractivity (Wildman–Crippen MR) is 75.3 cm³/mol. The van der Waals surface area contributed by atoms with Crippen LogP contribution in [0, 0.1) is 0 Å². The monoisotopic (exact) mass is 242 g/mol. The van der Waals surface area contributed by atoms with Crippen molar-refractivity contribution in [3.8, 4) is 0 Å². The molecule has 0 bridgehead atoms. The molecule has 2 aromatic rings. The molecule has 2 aromatic carbocycles. The molecule has 0 aliphatic carbocycles. The molecule has 1 N–H and O–H groups in total. The lowest BCUT2D eigenvalue weighted by molar-refractivity contribution is 0.582. The Kier molecular flexibility index (Phi) is 2.37. The van der Waals surface area contributed by atoms with E-state index in [4.69, 9.17) is 0 Å². The van der Waals surface area contributed by atoms with Crippen LogP contribution in [-0.2, 0) is 0 Å². The first-order valence-corrected chi connectivity index (χ1v) is 6.49. The summed E-state index contributed by atoms with van der Waals surface area (Å²) in [6.07, 6.45) is 0. The van der Waals surface area contributed by atoms with E-state index in [0.29, 0.717) is 0 Å². The summed E-state index contributed by atoms with van der Waals surface area (Å²) >= 11 is 1.77. The van der Waals surface area contributed by atoms with Gasteiger partial charge in [-0.3, -0.25) is 5.43 Å². The number of fused-ring (bicyclic) bond motifs is 1. The summed E-state index contributed by atoms with van der Waals surface area (Å²) in [5, 5.41) is 8.04. The predicted octanol–water partition coefficient (Wildman–Crippen LogP) is 3.57. The van der Waals surface area contributed by atoms with Gasteiger partial charge in [0.1, 0.15) is 9.91 Å². The van der Waals surface area contributed by atoms with E-state index in [0.717, 1.165) is 5.04 Å². The van der Waals surface area contributed by atoms with E-state index in [2.05, 4.69) is 66.8 Å². The van der Waals surface area contributed by atoms with Gasteiger partial charge in [0.25, 0.3) is 0 Å². The number of nitrogens with zero attached hydrogens (tertiary/aromatic N) is 1. The molecule has 0 saturated carbocycles. The van der Waals surface area contributed by atoms with Crippen LogP contribution in [0.4, 0.5) is 0 Å². The van der Waals surface area contributed by atoms with Crippen molar-refractivity contribution in [1.29, 1.82) is 0 Å². The summed E-state index contributed by atoms with van der Waals surface area (Å²) in [4.78, 5) is -0.00766. The SMILES string of the molecule is CC1(C)NN=C(c2cccc3ccccc23)S1. The van der Waals surface area contributed by atoms with E-state index in [9.17, 15) is 0 Å². The van der Waals surface area contributed by atoms with Crippen molar-refractivity contribution in [3.63, 3.8) is 0 Å². The highest BCUT2D eigenvalue weighted by Gasteiger charge is 2.27. The zero-order chi connectivity index (χ0) is 11.9. The van der Waals surface area contributed by atoms with Gasteiger partial charge in [-0.05, 0) is 24.6 Å². The van der Waals surface area contributed by atoms with Crippen molar-refractivity contribution in [3.05, 3.63) is 48.0 Å². The van der Waals surface area contributed by atoms with E-state index < -0.39 is 0 Å². The molecule has 0 saturated heterocycles. The molecule has 1 heterocycles. The second kappa shape index (κ2) is 3.77. The Morgan fingerprint density at radius 1 is 1.06 bits per heavy atom. The van der Waals surface area contributed by atoms with Crippen LogP contribution in [0.5, 0.6) is 0 Å². The topological polar surface area (TPSA) is 24.4 Å². The fourth-order valence-corrected chi connectivity index (χ4v) is 2.95. The van der Waals surface area contributed by atoms with Gasteiger partial charge in [-0.15, -0.1) is 0 Å². The lowest BCUT2D eigenvalue weighted by atomic mass is 10.1. The summed E-state index contributed by atoms with van der Waals surface area (Å²) in [5.41, 5.74) is 4.37. The third-order valence-corrected chi connectivity index (χ3v) is 3.90. The zero-order valence-electron chi connectivity index (χ0n) is 9.90. The molecule has 0 fully saturated rings. The quantitative estimate of drug-likeness (QED) is 0.826. The Hall–Kier alpha value is -1.48. The summed E-state index contributed by atoms with van der Waals surface area (Å²) in [6.45, 7) is 4.28. The number of hydrazone groups is 1. The van der Waals surface area contributed by atoms with Gasteiger partial charge in [0.2, 0.25) is 0 Å². The lowest BCUT2D eigenvalue weighted by Crippen LogP contribution is -2.26. The van der Waals surface area contributed by atoms with Crippen LogP contribution in [0.1, 0.15) is 19.4 Å². The molecule has 3 rings (SSSR count). The molecule has 0 unspecified atom stereocenters. The van der Waals surface area contributed by atoms with Gasteiger partial charge in [-0.2, -0.15) is 5.10 Å². The van der Waals surface area contributed by atoms with E-state index >= 15 is 0 Å². The molecule has 17 heavy (non-hydrogen) atoms. The van der Waals surface area contributed by atoms with Gasteiger partial charge in [0, 0.05) is 5.56 Å². The standard InChI is InChI=1S/C14H14N2S/c1-14(2)16-15-13(17-14)12-9-5-7-10-6-3-4-8-11(10)12/h3-9,16H,1-2H3. The number of hydrogen-bond donors (Lipinski definition) is 1. The van der Waals surface area contributed by atoms with Crippen LogP contribution in [0.2, 0.25) is 0 Å². The Morgan fingerprint density at radius 3 is 2.59 bits per heavy atom. The number of rotatable bonds is 1. The average Bonchev–Trinajstić information content (AvgIpc) is 2.69. The van der Waals surface area contributed by atoms with Gasteiger partial charge in [0.05, 0.1) is 0 Å². The van der Waals surface area contributed by atoms with Gasteiger partial charge in [0.15, 0.2) is 0 Å². The summed E-state index contributed by atoms with van der Waals surface area (Å²) in [5.74, 6) is 0. The van der Waals surface area contributed by atoms with Crippen molar-refractivity contribution >= 4 is 27.6 Å². The second-order valence-corrected chi connectivity index (χ2v) is 6.28. The highest BCUT2D eigenvalue weighted by Crippen LogP contribution is 2.33. The molecular formula is C14H14N2S. The first-order valence-electron chi connectivity index (χ1n) is 5.68. The highest BCUT2D eigenvalue weighted by atomic mass is 32.2. The fourth-order valence-electron chi connectivity index (χ4n) is 2.00. The van der Waals surface area contributed by atoms with Crippen LogP contribution in [-0.4, -0.2) is 9.91 Å². The maximum absolute atomic E-state index is 4.44. The molecule has 0 amide bonds. The molecular weight excluding hydrogens is 228 g/mol. The normalized spacial score (nSPS) is 17.9. The van der Waals surface area contributed by atoms with Gasteiger partial charge < -0.3 is 0 Å². The van der Waals surface area contributed by atoms with Gasteiger partial charge in [-0.1, -0.05) is 54.2 Å². The minimum atomic E-state index is -0.00766. The smallest absolute Gasteiger partial charge is 0.126 e. The Bertz CT molecular complexity index is 597. The minimum absolute atomic E-state index is 0.00766. The summed E-state index contributed by atoms with van der Waals surface area (Å²) < 4.78 is 0. The number of nitrogens with one attached hydrogen (secondary N) is 1. The second-order valence-electron chi connectivity index (χ2n) is 4.67. The maximum Gasteiger partial charge on any atom is 0.126 e. The van der Waals surface area contributed by atoms with Crippen LogP contribution in [0.3, 0.4) is 0 Å². The molecule has 0 aromatic heterocycles. The van der Waals surface area contributed by atoms with Crippen molar-refractivity contribution in [2.45, 2.75) is 18.7 Å². The van der Waals surface area contributed by atoms with Crippen molar-refractivity contribution < 1.29 is 0 Å². The Balaban J connectivity index is 2.13. The first kappa shape index (κ1) is 10.7. The van der Waals surface area contributed by atoms with E-state index in [1.54, 1.807) is 11.8 Å². The lowest BCUT2D eigenvalue weighted by Gasteiger charge is -2.15. The third kappa shape index (κ3) is 1.91. The van der Waals surface area contributed by atoms with Crippen LogP contribution >= 0.6 is 11.8 Å². The molecule has 1 aliphatic heterocycles. The summed E-state index contributed by atoms with van der Waals surface area (Å²) in [6, 6.07) is 14.8. The van der Waals surface area contributed by atoms with E-state index in [1.807, 2.05) is 0 Å². The molecule has 0 atom stereocenters. The number of benzene rings is 2.